The average molecular weight is 360 g/mol. The third-order valence-corrected chi connectivity index (χ3v) is 2.63. The van der Waals surface area contributed by atoms with Gasteiger partial charge in [0.1, 0.15) is 0 Å². The van der Waals surface area contributed by atoms with Crippen molar-refractivity contribution in [3.8, 4) is 23.0 Å². The molecule has 0 aliphatic heterocycles. The van der Waals surface area contributed by atoms with Gasteiger partial charge >= 0.3 is 0 Å². The van der Waals surface area contributed by atoms with E-state index in [4.69, 9.17) is 14.0 Å². The van der Waals surface area contributed by atoms with E-state index >= 15 is 0 Å². The van der Waals surface area contributed by atoms with Crippen LogP contribution in [-0.2, 0) is 0 Å². The van der Waals surface area contributed by atoms with Crippen LogP contribution in [0.25, 0.3) is 11.5 Å². The number of halogens is 1. The third kappa shape index (κ3) is 2.92. The van der Waals surface area contributed by atoms with Crippen molar-refractivity contribution in [2.75, 3.05) is 13.2 Å². The number of hydrogen-bond donors (Lipinski definition) is 0. The normalized spacial score (nSPS) is 10.4. The van der Waals surface area contributed by atoms with E-state index in [1.165, 1.54) is 0 Å². The minimum Gasteiger partial charge on any atom is -0.490 e. The number of hydrogen-bond acceptors (Lipinski definition) is 5. The number of rotatable bonds is 5. The summed E-state index contributed by atoms with van der Waals surface area (Å²) in [5.41, 5.74) is 0.817. The highest BCUT2D eigenvalue weighted by atomic mass is 127. The summed E-state index contributed by atoms with van der Waals surface area (Å²) >= 11 is 2.00. The molecule has 96 valence electrons. The van der Waals surface area contributed by atoms with Gasteiger partial charge in [0.2, 0.25) is 3.83 Å². The second-order valence-corrected chi connectivity index (χ2v) is 4.36. The number of benzene rings is 1. The molecule has 1 aromatic heterocycles. The quantitative estimate of drug-likeness (QED) is 0.767. The van der Waals surface area contributed by atoms with E-state index in [9.17, 15) is 0 Å². The van der Waals surface area contributed by atoms with Gasteiger partial charge in [0.15, 0.2) is 11.5 Å². The van der Waals surface area contributed by atoms with Gasteiger partial charge in [-0.15, -0.1) is 0 Å². The Morgan fingerprint density at radius 2 is 1.89 bits per heavy atom. The summed E-state index contributed by atoms with van der Waals surface area (Å²) in [5.74, 6) is 1.88. The second-order valence-electron chi connectivity index (χ2n) is 3.40. The van der Waals surface area contributed by atoms with Gasteiger partial charge in [-0.05, 0) is 32.0 Å². The molecule has 0 spiro atoms. The highest BCUT2D eigenvalue weighted by molar-refractivity contribution is 14.1. The zero-order valence-electron chi connectivity index (χ0n) is 10.1. The summed E-state index contributed by atoms with van der Waals surface area (Å²) < 4.78 is 16.7. The van der Waals surface area contributed by atoms with Crippen LogP contribution in [0, 0.1) is 3.83 Å². The molecule has 1 heterocycles. The lowest BCUT2D eigenvalue weighted by atomic mass is 10.2. The lowest BCUT2D eigenvalue weighted by Gasteiger charge is -2.11. The van der Waals surface area contributed by atoms with Gasteiger partial charge in [-0.2, -0.15) is 4.98 Å². The summed E-state index contributed by atoms with van der Waals surface area (Å²) in [7, 11) is 0. The first-order valence-electron chi connectivity index (χ1n) is 5.63. The predicted molar refractivity (Wildman–Crippen MR) is 74.8 cm³/mol. The van der Waals surface area contributed by atoms with Crippen LogP contribution in [-0.4, -0.2) is 23.4 Å². The molecule has 2 aromatic rings. The van der Waals surface area contributed by atoms with E-state index in [2.05, 4.69) is 10.1 Å². The van der Waals surface area contributed by atoms with E-state index in [1.54, 1.807) is 0 Å². The molecular weight excluding hydrogens is 347 g/mol. The number of ether oxygens (including phenoxy) is 2. The molecule has 18 heavy (non-hydrogen) atoms. The number of aromatic nitrogens is 2. The van der Waals surface area contributed by atoms with Crippen LogP contribution in [0.15, 0.2) is 22.7 Å². The van der Waals surface area contributed by atoms with Crippen molar-refractivity contribution < 1.29 is 14.0 Å². The fourth-order valence-electron chi connectivity index (χ4n) is 1.51. The lowest BCUT2D eigenvalue weighted by Crippen LogP contribution is -1.98. The molecule has 0 amide bonds. The maximum absolute atomic E-state index is 5.54. The molecular formula is C12H13IN2O3. The molecule has 0 saturated carbocycles. The van der Waals surface area contributed by atoms with Gasteiger partial charge in [-0.3, -0.25) is 0 Å². The maximum atomic E-state index is 5.54. The Balaban J connectivity index is 2.35. The van der Waals surface area contributed by atoms with Crippen molar-refractivity contribution in [3.63, 3.8) is 0 Å². The molecule has 6 heteroatoms. The highest BCUT2D eigenvalue weighted by Crippen LogP contribution is 2.32. The van der Waals surface area contributed by atoms with Gasteiger partial charge in [0, 0.05) is 28.2 Å². The van der Waals surface area contributed by atoms with Crippen LogP contribution < -0.4 is 9.47 Å². The molecule has 0 N–H and O–H groups in total. The Hall–Kier alpha value is -1.31. The SMILES string of the molecule is CCOc1ccc(-c2nc(I)no2)cc1OCC. The second kappa shape index (κ2) is 6.03. The van der Waals surface area contributed by atoms with Crippen LogP contribution in [0.2, 0.25) is 0 Å². The van der Waals surface area contributed by atoms with Gasteiger partial charge < -0.3 is 14.0 Å². The van der Waals surface area contributed by atoms with Crippen LogP contribution in [0.3, 0.4) is 0 Å². The van der Waals surface area contributed by atoms with E-state index in [0.717, 1.165) is 11.3 Å². The molecule has 0 unspecified atom stereocenters. The predicted octanol–water partition coefficient (Wildman–Crippen LogP) is 3.14. The fourth-order valence-corrected chi connectivity index (χ4v) is 1.82. The van der Waals surface area contributed by atoms with Crippen molar-refractivity contribution in [1.29, 1.82) is 0 Å². The summed E-state index contributed by atoms with van der Waals surface area (Å²) in [6.45, 7) is 5.03. The molecule has 0 bridgehead atoms. The largest absolute Gasteiger partial charge is 0.490 e. The van der Waals surface area contributed by atoms with E-state index in [-0.39, 0.29) is 0 Å². The topological polar surface area (TPSA) is 57.4 Å². The molecule has 0 aliphatic carbocycles. The zero-order chi connectivity index (χ0) is 13.0. The monoisotopic (exact) mass is 360 g/mol. The van der Waals surface area contributed by atoms with Gasteiger partial charge in [-0.1, -0.05) is 5.16 Å². The minimum absolute atomic E-state index is 0.475. The molecule has 0 atom stereocenters. The first-order valence-corrected chi connectivity index (χ1v) is 6.71. The average Bonchev–Trinajstić information content (AvgIpc) is 2.79. The summed E-state index contributed by atoms with van der Waals surface area (Å²) in [5, 5.41) is 3.76. The maximum Gasteiger partial charge on any atom is 0.258 e. The zero-order valence-corrected chi connectivity index (χ0v) is 12.3. The Morgan fingerprint density at radius 1 is 1.17 bits per heavy atom. The van der Waals surface area contributed by atoms with Crippen LogP contribution in [0.5, 0.6) is 11.5 Å². The molecule has 0 radical (unpaired) electrons. The molecule has 5 nitrogen and oxygen atoms in total. The Morgan fingerprint density at radius 3 is 2.50 bits per heavy atom. The summed E-state index contributed by atoms with van der Waals surface area (Å²) in [4.78, 5) is 4.17. The first kappa shape index (κ1) is 13.1. The van der Waals surface area contributed by atoms with E-state index < -0.39 is 0 Å². The van der Waals surface area contributed by atoms with E-state index in [1.807, 2.05) is 54.6 Å². The van der Waals surface area contributed by atoms with Crippen molar-refractivity contribution in [3.05, 3.63) is 22.0 Å². The number of nitrogens with zero attached hydrogens (tertiary/aromatic N) is 2. The van der Waals surface area contributed by atoms with Crippen molar-refractivity contribution in [2.24, 2.45) is 0 Å². The Kier molecular flexibility index (Phi) is 4.40. The molecule has 2 rings (SSSR count). The van der Waals surface area contributed by atoms with Crippen molar-refractivity contribution >= 4 is 22.6 Å². The molecule has 1 aromatic carbocycles. The van der Waals surface area contributed by atoms with Crippen LogP contribution >= 0.6 is 22.6 Å². The Labute approximate surface area is 119 Å². The lowest BCUT2D eigenvalue weighted by molar-refractivity contribution is 0.288. The summed E-state index contributed by atoms with van der Waals surface area (Å²) in [6.07, 6.45) is 0. The molecule has 0 aliphatic rings. The van der Waals surface area contributed by atoms with Crippen LogP contribution in [0.4, 0.5) is 0 Å². The van der Waals surface area contributed by atoms with Crippen molar-refractivity contribution in [2.45, 2.75) is 13.8 Å². The first-order chi connectivity index (χ1) is 8.74. The van der Waals surface area contributed by atoms with Gasteiger partial charge in [0.05, 0.1) is 13.2 Å². The van der Waals surface area contributed by atoms with E-state index in [0.29, 0.717) is 28.7 Å². The summed E-state index contributed by atoms with van der Waals surface area (Å²) in [6, 6.07) is 5.57. The van der Waals surface area contributed by atoms with Crippen molar-refractivity contribution in [1.82, 2.24) is 10.1 Å². The van der Waals surface area contributed by atoms with Gasteiger partial charge in [0.25, 0.3) is 5.89 Å². The minimum atomic E-state index is 0.475. The Bertz CT molecular complexity index is 528. The highest BCUT2D eigenvalue weighted by Gasteiger charge is 2.11. The molecule has 0 saturated heterocycles. The molecule has 0 fully saturated rings. The van der Waals surface area contributed by atoms with Gasteiger partial charge in [-0.25, -0.2) is 0 Å². The fraction of sp³-hybridized carbons (Fsp3) is 0.333. The smallest absolute Gasteiger partial charge is 0.258 e. The standard InChI is InChI=1S/C12H13IN2O3/c1-3-16-9-6-5-8(7-10(9)17-4-2)11-14-12(13)15-18-11/h5-7H,3-4H2,1-2H3. The third-order valence-electron chi connectivity index (χ3n) is 2.19. The van der Waals surface area contributed by atoms with Crippen LogP contribution in [0.1, 0.15) is 13.8 Å².